The van der Waals surface area contributed by atoms with Gasteiger partial charge in [0.1, 0.15) is 23.0 Å². The molecular weight excluding hydrogens is 429 g/mol. The number of halogens is 2. The molecule has 5 nitrogen and oxygen atoms in total. The molecule has 1 aliphatic rings. The van der Waals surface area contributed by atoms with Gasteiger partial charge in [-0.1, -0.05) is 54.1 Å². The monoisotopic (exact) mass is 447 g/mol. The highest BCUT2D eigenvalue weighted by atomic mass is 35.5. The van der Waals surface area contributed by atoms with Gasteiger partial charge in [-0.25, -0.2) is 4.39 Å². The Morgan fingerprint density at radius 3 is 2.56 bits per heavy atom. The highest BCUT2D eigenvalue weighted by Gasteiger charge is 2.42. The van der Waals surface area contributed by atoms with E-state index < -0.39 is 6.04 Å². The van der Waals surface area contributed by atoms with Crippen LogP contribution in [0.3, 0.4) is 0 Å². The fourth-order valence-corrected chi connectivity index (χ4v) is 4.35. The van der Waals surface area contributed by atoms with Gasteiger partial charge in [-0.2, -0.15) is 5.10 Å². The molecule has 0 fully saturated rings. The molecule has 0 spiro atoms. The molecule has 32 heavy (non-hydrogen) atoms. The van der Waals surface area contributed by atoms with E-state index in [1.165, 1.54) is 12.1 Å². The number of carbonyl (C=O) groups excluding carboxylic acids is 1. The number of benzene rings is 3. The van der Waals surface area contributed by atoms with Crippen molar-refractivity contribution in [2.75, 3.05) is 0 Å². The minimum Gasteiger partial charge on any atom is -0.507 e. The SMILES string of the molecule is Cc1cc(O)c(-c2n[nH]c3c2C(c2ccccc2)N(Cc2ccc(F)cc2)C3=O)cc1Cl. The third-order valence-corrected chi connectivity index (χ3v) is 6.18. The molecule has 0 bridgehead atoms. The molecule has 5 rings (SSSR count). The van der Waals surface area contributed by atoms with Crippen LogP contribution in [0, 0.1) is 12.7 Å². The van der Waals surface area contributed by atoms with E-state index in [-0.39, 0.29) is 17.5 Å². The number of H-pyrrole nitrogens is 1. The standard InChI is InChI=1S/C25H19ClFN3O2/c1-14-11-20(31)18(12-19(14)26)22-21-23(29-28-22)25(32)30(13-15-7-9-17(27)10-8-15)24(21)16-5-3-2-4-6-16/h2-12,24,31H,13H2,1H3,(H,28,29). The number of nitrogens with zero attached hydrogens (tertiary/aromatic N) is 2. The van der Waals surface area contributed by atoms with Crippen LogP contribution < -0.4 is 0 Å². The lowest BCUT2D eigenvalue weighted by molar-refractivity contribution is 0.0730. The van der Waals surface area contributed by atoms with Crippen molar-refractivity contribution in [1.82, 2.24) is 15.1 Å². The largest absolute Gasteiger partial charge is 0.507 e. The number of fused-ring (bicyclic) bond motifs is 1. The summed E-state index contributed by atoms with van der Waals surface area (Å²) in [6, 6.07) is 18.5. The minimum atomic E-state index is -0.433. The number of phenols is 1. The predicted octanol–water partition coefficient (Wildman–Crippen LogP) is 5.63. The van der Waals surface area contributed by atoms with Gasteiger partial charge in [-0.05, 0) is 47.9 Å². The lowest BCUT2D eigenvalue weighted by Gasteiger charge is -2.26. The molecule has 160 valence electrons. The summed E-state index contributed by atoms with van der Waals surface area (Å²) in [6.45, 7) is 2.10. The van der Waals surface area contributed by atoms with Gasteiger partial charge >= 0.3 is 0 Å². The fraction of sp³-hybridized carbons (Fsp3) is 0.120. The number of amides is 1. The van der Waals surface area contributed by atoms with E-state index in [4.69, 9.17) is 11.6 Å². The maximum atomic E-state index is 13.4. The zero-order valence-corrected chi connectivity index (χ0v) is 17.9. The Balaban J connectivity index is 1.66. The second kappa shape index (κ2) is 7.80. The van der Waals surface area contributed by atoms with E-state index in [9.17, 15) is 14.3 Å². The number of aromatic hydroxyl groups is 1. The van der Waals surface area contributed by atoms with Crippen LogP contribution in [0.15, 0.2) is 66.7 Å². The van der Waals surface area contributed by atoms with E-state index in [1.807, 2.05) is 37.3 Å². The Morgan fingerprint density at radius 1 is 1.12 bits per heavy atom. The third kappa shape index (κ3) is 3.33. The van der Waals surface area contributed by atoms with Crippen LogP contribution in [0.4, 0.5) is 4.39 Å². The van der Waals surface area contributed by atoms with Gasteiger partial charge < -0.3 is 10.0 Å². The quantitative estimate of drug-likeness (QED) is 0.426. The van der Waals surface area contributed by atoms with Gasteiger partial charge in [-0.3, -0.25) is 9.89 Å². The lowest BCUT2D eigenvalue weighted by atomic mass is 9.95. The van der Waals surface area contributed by atoms with Crippen molar-refractivity contribution in [2.45, 2.75) is 19.5 Å². The molecule has 4 aromatic rings. The second-order valence-corrected chi connectivity index (χ2v) is 8.26. The van der Waals surface area contributed by atoms with Crippen molar-refractivity contribution < 1.29 is 14.3 Å². The van der Waals surface area contributed by atoms with Gasteiger partial charge in [-0.15, -0.1) is 0 Å². The zero-order chi connectivity index (χ0) is 22.4. The Labute approximate surface area is 189 Å². The number of hydrogen-bond donors (Lipinski definition) is 2. The molecule has 1 atom stereocenters. The average molecular weight is 448 g/mol. The molecule has 0 aliphatic carbocycles. The molecule has 1 unspecified atom stereocenters. The molecular formula is C25H19ClFN3O2. The van der Waals surface area contributed by atoms with Crippen LogP contribution in [0.2, 0.25) is 5.02 Å². The number of rotatable bonds is 4. The van der Waals surface area contributed by atoms with Gasteiger partial charge in [0, 0.05) is 22.7 Å². The Kier molecular flexibility index (Phi) is 4.94. The number of aromatic amines is 1. The van der Waals surface area contributed by atoms with Crippen molar-refractivity contribution in [1.29, 1.82) is 0 Å². The highest BCUT2D eigenvalue weighted by molar-refractivity contribution is 6.31. The average Bonchev–Trinajstić information content (AvgIpc) is 3.32. The summed E-state index contributed by atoms with van der Waals surface area (Å²) >= 11 is 6.33. The second-order valence-electron chi connectivity index (χ2n) is 7.85. The molecule has 0 saturated carbocycles. The summed E-state index contributed by atoms with van der Waals surface area (Å²) < 4.78 is 13.4. The predicted molar refractivity (Wildman–Crippen MR) is 120 cm³/mol. The van der Waals surface area contributed by atoms with Crippen molar-refractivity contribution in [3.8, 4) is 17.0 Å². The fourth-order valence-electron chi connectivity index (χ4n) is 4.19. The summed E-state index contributed by atoms with van der Waals surface area (Å²) in [4.78, 5) is 15.1. The van der Waals surface area contributed by atoms with Crippen LogP contribution in [0.25, 0.3) is 11.3 Å². The first-order valence-corrected chi connectivity index (χ1v) is 10.5. The first-order chi connectivity index (χ1) is 15.4. The number of aryl methyl sites for hydroxylation is 1. The summed E-state index contributed by atoms with van der Waals surface area (Å²) in [5, 5.41) is 18.4. The van der Waals surface area contributed by atoms with E-state index >= 15 is 0 Å². The van der Waals surface area contributed by atoms with Crippen molar-refractivity contribution in [3.05, 3.63) is 106 Å². The summed E-state index contributed by atoms with van der Waals surface area (Å²) in [5.74, 6) is -0.503. The Bertz CT molecular complexity index is 1320. The van der Waals surface area contributed by atoms with Crippen LogP contribution in [0.5, 0.6) is 5.75 Å². The summed E-state index contributed by atoms with van der Waals surface area (Å²) in [7, 11) is 0. The van der Waals surface area contributed by atoms with E-state index in [1.54, 1.807) is 29.2 Å². The third-order valence-electron chi connectivity index (χ3n) is 5.78. The van der Waals surface area contributed by atoms with Gasteiger partial charge in [0.15, 0.2) is 0 Å². The molecule has 2 N–H and O–H groups in total. The van der Waals surface area contributed by atoms with Crippen LogP contribution in [-0.2, 0) is 6.54 Å². The number of phenolic OH excluding ortho intramolecular Hbond substituents is 1. The van der Waals surface area contributed by atoms with Crippen molar-refractivity contribution >= 4 is 17.5 Å². The summed E-state index contributed by atoms with van der Waals surface area (Å²) in [6.07, 6.45) is 0. The molecule has 1 amide bonds. The number of nitrogens with one attached hydrogen (secondary N) is 1. The van der Waals surface area contributed by atoms with Crippen molar-refractivity contribution in [2.24, 2.45) is 0 Å². The Morgan fingerprint density at radius 2 is 1.84 bits per heavy atom. The first-order valence-electron chi connectivity index (χ1n) is 10.1. The Hall–Kier alpha value is -3.64. The maximum Gasteiger partial charge on any atom is 0.273 e. The molecule has 0 radical (unpaired) electrons. The van der Waals surface area contributed by atoms with E-state index in [2.05, 4.69) is 10.2 Å². The first kappa shape index (κ1) is 20.3. The summed E-state index contributed by atoms with van der Waals surface area (Å²) in [5.41, 5.74) is 4.43. The minimum absolute atomic E-state index is 0.0393. The van der Waals surface area contributed by atoms with Gasteiger partial charge in [0.05, 0.1) is 6.04 Å². The highest BCUT2D eigenvalue weighted by Crippen LogP contribution is 2.45. The van der Waals surface area contributed by atoms with E-state index in [0.29, 0.717) is 34.1 Å². The number of hydrogen-bond acceptors (Lipinski definition) is 3. The zero-order valence-electron chi connectivity index (χ0n) is 17.1. The van der Waals surface area contributed by atoms with Crippen LogP contribution >= 0.6 is 11.6 Å². The number of carbonyl (C=O) groups is 1. The molecule has 1 aliphatic heterocycles. The van der Waals surface area contributed by atoms with Crippen molar-refractivity contribution in [3.63, 3.8) is 0 Å². The number of aromatic nitrogens is 2. The van der Waals surface area contributed by atoms with Gasteiger partial charge in [0.25, 0.3) is 5.91 Å². The smallest absolute Gasteiger partial charge is 0.273 e. The van der Waals surface area contributed by atoms with Gasteiger partial charge in [0.2, 0.25) is 0 Å². The van der Waals surface area contributed by atoms with E-state index in [0.717, 1.165) is 16.7 Å². The topological polar surface area (TPSA) is 69.2 Å². The normalized spacial score (nSPS) is 15.3. The molecule has 7 heteroatoms. The van der Waals surface area contributed by atoms with Crippen LogP contribution in [0.1, 0.15) is 38.8 Å². The van der Waals surface area contributed by atoms with Crippen LogP contribution in [-0.4, -0.2) is 26.1 Å². The maximum absolute atomic E-state index is 13.4. The lowest BCUT2D eigenvalue weighted by Crippen LogP contribution is -2.29. The molecule has 3 aromatic carbocycles. The molecule has 1 aromatic heterocycles. The molecule has 2 heterocycles. The molecule has 0 saturated heterocycles.